The lowest BCUT2D eigenvalue weighted by Gasteiger charge is -2.46. The number of nitrogens with one attached hydrogen (secondary N) is 1. The van der Waals surface area contributed by atoms with Crippen LogP contribution in [0.3, 0.4) is 0 Å². The second-order valence-electron chi connectivity index (χ2n) is 24.3. The summed E-state index contributed by atoms with van der Waals surface area (Å²) in [6.07, 6.45) is 68.3. The number of hydrogen-bond acceptors (Lipinski definition) is 13. The number of unbranched alkanes of at least 4 members (excludes halogenated alkanes) is 25. The summed E-state index contributed by atoms with van der Waals surface area (Å²) in [5.74, 6) is -0.289. The molecular weight excluding hydrogens is 1120 g/mol. The zero-order valence-corrected chi connectivity index (χ0v) is 55.4. The summed E-state index contributed by atoms with van der Waals surface area (Å²) >= 11 is 0. The average molecular weight is 1250 g/mol. The zero-order chi connectivity index (χ0) is 64.5. The summed E-state index contributed by atoms with van der Waals surface area (Å²) in [6, 6.07) is -0.967. The molecule has 1 amide bonds. The van der Waals surface area contributed by atoms with Crippen LogP contribution in [0, 0.1) is 0 Å². The SMILES string of the molecule is CC/C=C\C/C=C\C/C=C\C/C=C\C/C=C\C/C=C\C/C=C\CCCCCC(=O)NC(COC1OC(CO)C(OC2OC(CO)C(O)C(O)C2O)C(O)C1O)C(O)/C=C/CC/C=C/CC/C=C/CCCCCCCCCCCCCCCCCCCCCC. The van der Waals surface area contributed by atoms with Gasteiger partial charge in [0.15, 0.2) is 12.6 Å². The molecule has 2 aliphatic rings. The molecule has 0 aromatic rings. The van der Waals surface area contributed by atoms with Gasteiger partial charge in [-0.2, -0.15) is 0 Å². The van der Waals surface area contributed by atoms with Crippen LogP contribution in [-0.2, 0) is 23.7 Å². The highest BCUT2D eigenvalue weighted by molar-refractivity contribution is 5.76. The van der Waals surface area contributed by atoms with E-state index < -0.39 is 86.8 Å². The van der Waals surface area contributed by atoms with Crippen molar-refractivity contribution in [1.82, 2.24) is 5.32 Å². The molecule has 2 aliphatic heterocycles. The normalized spacial score (nSPS) is 23.8. The number of ether oxygens (including phenoxy) is 4. The number of allylic oxidation sites excluding steroid dienone is 19. The van der Waals surface area contributed by atoms with Gasteiger partial charge in [-0.1, -0.05) is 264 Å². The summed E-state index contributed by atoms with van der Waals surface area (Å²) < 4.78 is 22.8. The Bertz CT molecular complexity index is 1960. The number of carbonyl (C=O) groups excluding carboxylic acids is 1. The van der Waals surface area contributed by atoms with Crippen molar-refractivity contribution in [2.24, 2.45) is 0 Å². The predicted octanol–water partition coefficient (Wildman–Crippen LogP) is 14.5. The molecule has 2 heterocycles. The minimum Gasteiger partial charge on any atom is -0.394 e. The Kier molecular flexibility index (Phi) is 53.3. The summed E-state index contributed by atoms with van der Waals surface area (Å²) in [4.78, 5) is 13.3. The molecular formula is C75H127NO13. The smallest absolute Gasteiger partial charge is 0.220 e. The first kappa shape index (κ1) is 81.5. The van der Waals surface area contributed by atoms with E-state index in [4.69, 9.17) is 18.9 Å². The molecule has 0 aliphatic carbocycles. The maximum absolute atomic E-state index is 13.3. The number of aliphatic hydroxyl groups is 8. The molecule has 14 heteroatoms. The van der Waals surface area contributed by atoms with Gasteiger partial charge in [-0.3, -0.25) is 4.79 Å². The van der Waals surface area contributed by atoms with Crippen molar-refractivity contribution in [3.8, 4) is 0 Å². The first-order valence-corrected chi connectivity index (χ1v) is 35.3. The van der Waals surface area contributed by atoms with Crippen LogP contribution in [0.1, 0.15) is 251 Å². The Balaban J connectivity index is 1.74. The first-order valence-electron chi connectivity index (χ1n) is 35.3. The highest BCUT2D eigenvalue weighted by Gasteiger charge is 2.51. The number of amides is 1. The summed E-state index contributed by atoms with van der Waals surface area (Å²) in [7, 11) is 0. The van der Waals surface area contributed by atoms with E-state index in [0.717, 1.165) is 89.9 Å². The van der Waals surface area contributed by atoms with Crippen LogP contribution in [-0.4, -0.2) is 140 Å². The van der Waals surface area contributed by atoms with Gasteiger partial charge in [-0.25, -0.2) is 0 Å². The lowest BCUT2D eigenvalue weighted by molar-refractivity contribution is -0.359. The van der Waals surface area contributed by atoms with E-state index in [-0.39, 0.29) is 18.9 Å². The van der Waals surface area contributed by atoms with Gasteiger partial charge < -0.3 is 65.1 Å². The van der Waals surface area contributed by atoms with E-state index in [1.54, 1.807) is 6.08 Å². The van der Waals surface area contributed by atoms with E-state index in [2.05, 4.69) is 129 Å². The monoisotopic (exact) mass is 1250 g/mol. The molecule has 510 valence electrons. The Morgan fingerprint density at radius 1 is 0.416 bits per heavy atom. The lowest BCUT2D eigenvalue weighted by Crippen LogP contribution is -2.65. The summed E-state index contributed by atoms with van der Waals surface area (Å²) in [6.45, 7) is 2.65. The first-order chi connectivity index (χ1) is 43.6. The number of hydrogen-bond donors (Lipinski definition) is 9. The van der Waals surface area contributed by atoms with Crippen LogP contribution in [0.25, 0.3) is 0 Å². The number of rotatable bonds is 56. The molecule has 0 aromatic heterocycles. The molecule has 0 saturated carbocycles. The molecule has 9 N–H and O–H groups in total. The Labute approximate surface area is 539 Å². The van der Waals surface area contributed by atoms with Crippen molar-refractivity contribution >= 4 is 5.91 Å². The van der Waals surface area contributed by atoms with Crippen molar-refractivity contribution in [2.75, 3.05) is 19.8 Å². The van der Waals surface area contributed by atoms with Crippen molar-refractivity contribution < 1.29 is 64.6 Å². The van der Waals surface area contributed by atoms with Crippen LogP contribution in [0.15, 0.2) is 122 Å². The van der Waals surface area contributed by atoms with Crippen molar-refractivity contribution in [3.05, 3.63) is 122 Å². The van der Waals surface area contributed by atoms with Crippen LogP contribution in [0.2, 0.25) is 0 Å². The second-order valence-corrected chi connectivity index (χ2v) is 24.3. The van der Waals surface area contributed by atoms with Crippen molar-refractivity contribution in [3.63, 3.8) is 0 Å². The molecule has 0 radical (unpaired) electrons. The van der Waals surface area contributed by atoms with E-state index in [1.807, 2.05) is 6.08 Å². The van der Waals surface area contributed by atoms with Gasteiger partial charge in [-0.15, -0.1) is 0 Å². The Morgan fingerprint density at radius 2 is 0.787 bits per heavy atom. The number of carbonyl (C=O) groups is 1. The minimum atomic E-state index is -1.80. The van der Waals surface area contributed by atoms with E-state index in [0.29, 0.717) is 12.8 Å². The molecule has 89 heavy (non-hydrogen) atoms. The quantitative estimate of drug-likeness (QED) is 0.0204. The third-order valence-corrected chi connectivity index (χ3v) is 16.4. The van der Waals surface area contributed by atoms with Crippen molar-refractivity contribution in [2.45, 2.75) is 325 Å². The lowest BCUT2D eigenvalue weighted by atomic mass is 9.97. The fraction of sp³-hybridized carbons (Fsp3) is 0.720. The van der Waals surface area contributed by atoms with Gasteiger partial charge in [0, 0.05) is 6.42 Å². The highest BCUT2D eigenvalue weighted by atomic mass is 16.7. The fourth-order valence-electron chi connectivity index (χ4n) is 10.8. The fourth-order valence-corrected chi connectivity index (χ4v) is 10.8. The molecule has 0 bridgehead atoms. The molecule has 12 unspecified atom stereocenters. The van der Waals surface area contributed by atoms with Crippen LogP contribution >= 0.6 is 0 Å². The predicted molar refractivity (Wildman–Crippen MR) is 364 cm³/mol. The van der Waals surface area contributed by atoms with Crippen molar-refractivity contribution in [1.29, 1.82) is 0 Å². The molecule has 14 nitrogen and oxygen atoms in total. The molecule has 2 fully saturated rings. The van der Waals surface area contributed by atoms with Gasteiger partial charge >= 0.3 is 0 Å². The maximum atomic E-state index is 13.3. The van der Waals surface area contributed by atoms with E-state index >= 15 is 0 Å². The van der Waals surface area contributed by atoms with Crippen LogP contribution in [0.4, 0.5) is 0 Å². The van der Waals surface area contributed by atoms with Gasteiger partial charge in [0.1, 0.15) is 48.8 Å². The maximum Gasteiger partial charge on any atom is 0.220 e. The summed E-state index contributed by atoms with van der Waals surface area (Å²) in [5, 5.41) is 87.4. The second kappa shape index (κ2) is 58.2. The van der Waals surface area contributed by atoms with Gasteiger partial charge in [-0.05, 0) is 103 Å². The standard InChI is InChI=1S/C75H127NO13/c1-3-5-7-9-11-13-15-17-19-21-23-25-27-29-30-31-32-33-35-36-38-40-42-44-46-48-50-52-54-56-58-64(79)63(62-86-74-72(85)70(83)73(66(61-78)88-74)89-75-71(84)69(82)68(81)65(60-77)87-75)76-67(80)59-57-55-53-51-49-47-45-43-41-39-37-34-28-26-24-22-20-18-16-14-12-10-8-6-4-2/h6,8,12,14,18,20,24,26,34,37,40-43,47-50,56,58,63-66,68-75,77-79,81-85H,3-5,7,9-11,13,15-17,19,21-23,25,27-33,35-36,38-39,44-46,51-55,57,59-62H2,1-2H3,(H,76,80)/b8-6-,14-12-,20-18-,26-24-,37-34-,42-40+,43-41-,49-47-,50-48+,58-56+. The third-order valence-electron chi connectivity index (χ3n) is 16.4. The Morgan fingerprint density at radius 3 is 1.24 bits per heavy atom. The van der Waals surface area contributed by atoms with E-state index in [1.165, 1.54) is 128 Å². The topological polar surface area (TPSA) is 228 Å². The average Bonchev–Trinajstić information content (AvgIpc) is 1.37. The molecule has 12 atom stereocenters. The van der Waals surface area contributed by atoms with Gasteiger partial charge in [0.05, 0.1) is 32.0 Å². The summed E-state index contributed by atoms with van der Waals surface area (Å²) in [5.41, 5.74) is 0. The molecule has 2 saturated heterocycles. The molecule has 0 aromatic carbocycles. The third kappa shape index (κ3) is 42.3. The largest absolute Gasteiger partial charge is 0.394 e. The zero-order valence-electron chi connectivity index (χ0n) is 55.4. The Hall–Kier alpha value is -3.61. The highest BCUT2D eigenvalue weighted by Crippen LogP contribution is 2.30. The van der Waals surface area contributed by atoms with Gasteiger partial charge in [0.2, 0.25) is 5.91 Å². The number of aliphatic hydroxyl groups excluding tert-OH is 8. The molecule has 2 rings (SSSR count). The van der Waals surface area contributed by atoms with Crippen LogP contribution < -0.4 is 5.32 Å². The van der Waals surface area contributed by atoms with Gasteiger partial charge in [0.25, 0.3) is 0 Å². The molecule has 0 spiro atoms. The van der Waals surface area contributed by atoms with Crippen LogP contribution in [0.5, 0.6) is 0 Å². The minimum absolute atomic E-state index is 0.222. The van der Waals surface area contributed by atoms with E-state index in [9.17, 15) is 45.6 Å².